The minimum atomic E-state index is 0.0462. The van der Waals surface area contributed by atoms with Gasteiger partial charge in [0.05, 0.1) is 5.56 Å². The van der Waals surface area contributed by atoms with Crippen molar-refractivity contribution < 1.29 is 4.79 Å². The number of amides is 1. The van der Waals surface area contributed by atoms with E-state index in [1.165, 1.54) is 0 Å². The van der Waals surface area contributed by atoms with Gasteiger partial charge in [0, 0.05) is 36.1 Å². The van der Waals surface area contributed by atoms with Gasteiger partial charge in [-0.25, -0.2) is 4.98 Å². The highest BCUT2D eigenvalue weighted by atomic mass is 79.9. The van der Waals surface area contributed by atoms with E-state index in [0.29, 0.717) is 17.4 Å². The van der Waals surface area contributed by atoms with Crippen LogP contribution in [0.2, 0.25) is 0 Å². The molecule has 1 aliphatic rings. The van der Waals surface area contributed by atoms with Crippen molar-refractivity contribution in [2.45, 2.75) is 25.8 Å². The Morgan fingerprint density at radius 1 is 1.65 bits per heavy atom. The molecule has 6 heteroatoms. The highest BCUT2D eigenvalue weighted by Crippen LogP contribution is 2.25. The largest absolute Gasteiger partial charge is 0.369 e. The van der Waals surface area contributed by atoms with Crippen molar-refractivity contribution in [3.63, 3.8) is 0 Å². The van der Waals surface area contributed by atoms with E-state index in [0.717, 1.165) is 35.4 Å². The molecule has 1 aromatic heterocycles. The Bertz CT molecular complexity index is 477. The van der Waals surface area contributed by atoms with Gasteiger partial charge in [0.2, 0.25) is 0 Å². The van der Waals surface area contributed by atoms with Gasteiger partial charge in [-0.15, -0.1) is 0 Å². The predicted octanol–water partition coefficient (Wildman–Crippen LogP) is 3.24. The quantitative estimate of drug-likeness (QED) is 0.878. The molecule has 1 amide bonds. The van der Waals surface area contributed by atoms with E-state index >= 15 is 0 Å². The third-order valence-corrected chi connectivity index (χ3v) is 4.98. The summed E-state index contributed by atoms with van der Waals surface area (Å²) in [6, 6.07) is 2.19. The molecule has 1 unspecified atom stereocenters. The molecule has 4 nitrogen and oxygen atoms in total. The van der Waals surface area contributed by atoms with E-state index in [4.69, 9.17) is 0 Å². The minimum Gasteiger partial charge on any atom is -0.369 e. The summed E-state index contributed by atoms with van der Waals surface area (Å²) >= 11 is 5.31. The zero-order valence-electron chi connectivity index (χ0n) is 11.9. The summed E-state index contributed by atoms with van der Waals surface area (Å²) in [6.45, 7) is 2.91. The van der Waals surface area contributed by atoms with E-state index < -0.39 is 0 Å². The van der Waals surface area contributed by atoms with Crippen LogP contribution in [-0.2, 0) is 0 Å². The number of hydrogen-bond acceptors (Lipinski definition) is 4. The van der Waals surface area contributed by atoms with Crippen LogP contribution < -0.4 is 5.32 Å². The molecule has 110 valence electrons. The summed E-state index contributed by atoms with van der Waals surface area (Å²) in [5.74, 6) is 2.89. The van der Waals surface area contributed by atoms with Gasteiger partial charge in [0.1, 0.15) is 5.82 Å². The molecule has 1 fully saturated rings. The molecule has 2 heterocycles. The van der Waals surface area contributed by atoms with Crippen molar-refractivity contribution in [2.75, 3.05) is 30.4 Å². The van der Waals surface area contributed by atoms with Crippen LogP contribution in [0.25, 0.3) is 0 Å². The minimum absolute atomic E-state index is 0.0462. The predicted molar refractivity (Wildman–Crippen MR) is 88.5 cm³/mol. The van der Waals surface area contributed by atoms with Crippen LogP contribution in [0.3, 0.4) is 0 Å². The summed E-state index contributed by atoms with van der Waals surface area (Å²) in [6.07, 6.45) is 3.80. The first kappa shape index (κ1) is 15.6. The number of carbonyl (C=O) groups excluding carboxylic acids is 1. The molecule has 2 rings (SSSR count). The summed E-state index contributed by atoms with van der Waals surface area (Å²) in [7, 11) is 1.89. The Hall–Kier alpha value is -0.750. The molecule has 1 saturated heterocycles. The first-order valence-electron chi connectivity index (χ1n) is 6.87. The van der Waals surface area contributed by atoms with E-state index in [1.54, 1.807) is 6.20 Å². The Morgan fingerprint density at radius 2 is 2.45 bits per heavy atom. The van der Waals surface area contributed by atoms with Gasteiger partial charge in [-0.3, -0.25) is 4.79 Å². The van der Waals surface area contributed by atoms with Gasteiger partial charge in [-0.1, -0.05) is 6.92 Å². The van der Waals surface area contributed by atoms with E-state index in [-0.39, 0.29) is 5.91 Å². The highest BCUT2D eigenvalue weighted by Gasteiger charge is 2.26. The van der Waals surface area contributed by atoms with Gasteiger partial charge in [0.15, 0.2) is 0 Å². The average molecular weight is 358 g/mol. The monoisotopic (exact) mass is 357 g/mol. The van der Waals surface area contributed by atoms with Gasteiger partial charge in [-0.05, 0) is 40.6 Å². The fourth-order valence-corrected chi connectivity index (χ4v) is 3.77. The molecular weight excluding hydrogens is 338 g/mol. The number of aromatic nitrogens is 1. The van der Waals surface area contributed by atoms with Crippen molar-refractivity contribution in [2.24, 2.45) is 0 Å². The number of hydrogen-bond donors (Lipinski definition) is 1. The average Bonchev–Trinajstić information content (AvgIpc) is 2.98. The number of halogens is 1. The molecule has 0 spiro atoms. The molecule has 1 aromatic rings. The molecule has 20 heavy (non-hydrogen) atoms. The van der Waals surface area contributed by atoms with Crippen molar-refractivity contribution in [3.8, 4) is 0 Å². The van der Waals surface area contributed by atoms with Crippen LogP contribution in [0, 0.1) is 0 Å². The van der Waals surface area contributed by atoms with Crippen LogP contribution in [0.4, 0.5) is 5.82 Å². The normalized spacial score (nSPS) is 18.1. The van der Waals surface area contributed by atoms with Gasteiger partial charge < -0.3 is 10.2 Å². The van der Waals surface area contributed by atoms with Crippen molar-refractivity contribution in [1.29, 1.82) is 0 Å². The fraction of sp³-hybridized carbons (Fsp3) is 0.571. The van der Waals surface area contributed by atoms with Gasteiger partial charge >= 0.3 is 0 Å². The lowest BCUT2D eigenvalue weighted by Crippen LogP contribution is -2.37. The van der Waals surface area contributed by atoms with Gasteiger partial charge in [-0.2, -0.15) is 11.8 Å². The molecule has 0 aromatic carbocycles. The SMILES string of the molecule is CCCNc1ncc(Br)cc1C(=O)N(C)C1CCSC1. The van der Waals surface area contributed by atoms with Crippen LogP contribution in [-0.4, -0.2) is 46.9 Å². The third kappa shape index (κ3) is 3.67. The second kappa shape index (κ2) is 7.31. The topological polar surface area (TPSA) is 45.2 Å². The summed E-state index contributed by atoms with van der Waals surface area (Å²) in [5, 5.41) is 3.23. The molecule has 1 atom stereocenters. The van der Waals surface area contributed by atoms with Crippen molar-refractivity contribution in [3.05, 3.63) is 22.3 Å². The number of nitrogens with zero attached hydrogens (tertiary/aromatic N) is 2. The molecule has 0 bridgehead atoms. The lowest BCUT2D eigenvalue weighted by molar-refractivity contribution is 0.0748. The maximum absolute atomic E-state index is 12.7. The van der Waals surface area contributed by atoms with E-state index in [2.05, 4.69) is 33.2 Å². The number of carbonyl (C=O) groups is 1. The molecule has 1 N–H and O–H groups in total. The molecular formula is C14H20BrN3OS. The summed E-state index contributed by atoms with van der Waals surface area (Å²) < 4.78 is 0.831. The Kier molecular flexibility index (Phi) is 5.72. The fourth-order valence-electron chi connectivity index (χ4n) is 2.17. The smallest absolute Gasteiger partial charge is 0.257 e. The summed E-state index contributed by atoms with van der Waals surface area (Å²) in [5.41, 5.74) is 0.646. The maximum atomic E-state index is 12.7. The number of thioether (sulfide) groups is 1. The molecule has 1 aliphatic heterocycles. The Labute approximate surface area is 132 Å². The lowest BCUT2D eigenvalue weighted by Gasteiger charge is -2.24. The second-order valence-corrected chi connectivity index (χ2v) is 6.98. The van der Waals surface area contributed by atoms with E-state index in [1.807, 2.05) is 29.8 Å². The lowest BCUT2D eigenvalue weighted by atomic mass is 10.1. The maximum Gasteiger partial charge on any atom is 0.257 e. The number of nitrogens with one attached hydrogen (secondary N) is 1. The highest BCUT2D eigenvalue weighted by molar-refractivity contribution is 9.10. The standard InChI is InChI=1S/C14H20BrN3OS/c1-3-5-16-13-12(7-10(15)8-17-13)14(19)18(2)11-4-6-20-9-11/h7-8,11H,3-6,9H2,1-2H3,(H,16,17). The first-order chi connectivity index (χ1) is 9.63. The molecule has 0 aliphatic carbocycles. The molecule has 0 radical (unpaired) electrons. The van der Waals surface area contributed by atoms with E-state index in [9.17, 15) is 4.79 Å². The first-order valence-corrected chi connectivity index (χ1v) is 8.82. The zero-order valence-corrected chi connectivity index (χ0v) is 14.3. The number of rotatable bonds is 5. The molecule has 0 saturated carbocycles. The Morgan fingerprint density at radius 3 is 3.10 bits per heavy atom. The van der Waals surface area contributed by atoms with Crippen molar-refractivity contribution in [1.82, 2.24) is 9.88 Å². The van der Waals surface area contributed by atoms with Gasteiger partial charge in [0.25, 0.3) is 5.91 Å². The number of pyridine rings is 1. The third-order valence-electron chi connectivity index (χ3n) is 3.40. The second-order valence-electron chi connectivity index (χ2n) is 4.91. The van der Waals surface area contributed by atoms with Crippen LogP contribution >= 0.6 is 27.7 Å². The zero-order chi connectivity index (χ0) is 14.5. The Balaban J connectivity index is 2.20. The van der Waals surface area contributed by atoms with Crippen molar-refractivity contribution >= 4 is 39.4 Å². The van der Waals surface area contributed by atoms with Crippen LogP contribution in [0.5, 0.6) is 0 Å². The number of anilines is 1. The van der Waals surface area contributed by atoms with Crippen LogP contribution in [0.15, 0.2) is 16.7 Å². The van der Waals surface area contributed by atoms with Crippen LogP contribution in [0.1, 0.15) is 30.1 Å². The summed E-state index contributed by atoms with van der Waals surface area (Å²) in [4.78, 5) is 18.9.